The molecule has 0 bridgehead atoms. The van der Waals surface area contributed by atoms with E-state index in [-0.39, 0.29) is 0 Å². The molecule has 116 valence electrons. The third-order valence-electron chi connectivity index (χ3n) is 4.64. The average Bonchev–Trinajstić information content (AvgIpc) is 2.93. The summed E-state index contributed by atoms with van der Waals surface area (Å²) in [4.78, 5) is 0. The fraction of sp³-hybridized carbons (Fsp3) is 0.667. The third kappa shape index (κ3) is 4.06. The van der Waals surface area contributed by atoms with Gasteiger partial charge >= 0.3 is 0 Å². The summed E-state index contributed by atoms with van der Waals surface area (Å²) in [6, 6.07) is 10.0. The van der Waals surface area contributed by atoms with Crippen molar-refractivity contribution in [2.24, 2.45) is 0 Å². The van der Waals surface area contributed by atoms with E-state index in [1.807, 2.05) is 0 Å². The normalized spacial score (nSPS) is 30.1. The Bertz CT molecular complexity index is 450. The summed E-state index contributed by atoms with van der Waals surface area (Å²) in [5, 5.41) is 3.69. The molecule has 3 nitrogen and oxygen atoms in total. The Kier molecular flexibility index (Phi) is 4.94. The van der Waals surface area contributed by atoms with Gasteiger partial charge in [-0.05, 0) is 44.6 Å². The van der Waals surface area contributed by atoms with Crippen LogP contribution in [0, 0.1) is 6.92 Å². The first-order valence-electron chi connectivity index (χ1n) is 8.22. The second kappa shape index (κ2) is 6.91. The highest BCUT2D eigenvalue weighted by molar-refractivity contribution is 5.27. The maximum absolute atomic E-state index is 5.87. The van der Waals surface area contributed by atoms with Crippen molar-refractivity contribution in [1.29, 1.82) is 0 Å². The van der Waals surface area contributed by atoms with Crippen LogP contribution in [0.3, 0.4) is 0 Å². The van der Waals surface area contributed by atoms with Crippen LogP contribution in [-0.4, -0.2) is 38.0 Å². The van der Waals surface area contributed by atoms with Crippen molar-refractivity contribution in [1.82, 2.24) is 5.32 Å². The number of hydrogen-bond acceptors (Lipinski definition) is 3. The second-order valence-corrected chi connectivity index (χ2v) is 6.67. The quantitative estimate of drug-likeness (QED) is 0.873. The van der Waals surface area contributed by atoms with E-state index < -0.39 is 0 Å². The molecule has 0 amide bonds. The van der Waals surface area contributed by atoms with E-state index in [0.717, 1.165) is 32.2 Å². The molecular formula is C18H27NO2. The summed E-state index contributed by atoms with van der Waals surface area (Å²) in [5.74, 6) is 0.735. The van der Waals surface area contributed by atoms with E-state index in [1.54, 1.807) is 0 Å². The van der Waals surface area contributed by atoms with Crippen LogP contribution in [0.4, 0.5) is 0 Å². The van der Waals surface area contributed by atoms with E-state index in [4.69, 9.17) is 9.47 Å². The fourth-order valence-corrected chi connectivity index (χ4v) is 3.33. The summed E-state index contributed by atoms with van der Waals surface area (Å²) in [7, 11) is 0. The molecule has 1 saturated carbocycles. The molecule has 1 aliphatic heterocycles. The molecule has 0 unspecified atom stereocenters. The fourth-order valence-electron chi connectivity index (χ4n) is 3.33. The lowest BCUT2D eigenvalue weighted by molar-refractivity contribution is 0.0285. The number of benzene rings is 1. The molecule has 2 fully saturated rings. The summed E-state index contributed by atoms with van der Waals surface area (Å²) >= 11 is 0. The van der Waals surface area contributed by atoms with Gasteiger partial charge < -0.3 is 14.8 Å². The molecule has 3 rings (SSSR count). The number of ether oxygens (including phenoxy) is 2. The smallest absolute Gasteiger partial charge is 0.0831 e. The van der Waals surface area contributed by atoms with Crippen molar-refractivity contribution in [2.45, 2.75) is 57.2 Å². The third-order valence-corrected chi connectivity index (χ3v) is 4.64. The molecule has 1 aromatic rings. The highest BCUT2D eigenvalue weighted by atomic mass is 16.5. The van der Waals surface area contributed by atoms with Gasteiger partial charge in [0.05, 0.1) is 19.3 Å². The maximum atomic E-state index is 5.87. The van der Waals surface area contributed by atoms with Gasteiger partial charge in [0.15, 0.2) is 0 Å². The zero-order valence-electron chi connectivity index (χ0n) is 13.2. The highest BCUT2D eigenvalue weighted by Crippen LogP contribution is 2.37. The molecule has 21 heavy (non-hydrogen) atoms. The van der Waals surface area contributed by atoms with Gasteiger partial charge in [0, 0.05) is 18.7 Å². The molecule has 1 aromatic carbocycles. The number of hydrogen-bond donors (Lipinski definition) is 1. The van der Waals surface area contributed by atoms with Gasteiger partial charge in [0.1, 0.15) is 0 Å². The van der Waals surface area contributed by atoms with E-state index in [2.05, 4.69) is 43.4 Å². The van der Waals surface area contributed by atoms with Crippen LogP contribution in [0.25, 0.3) is 0 Å². The van der Waals surface area contributed by atoms with Crippen LogP contribution in [0.2, 0.25) is 0 Å². The SMILES string of the molecule is Cc1cccc(C2CC(N[C@@H](C)CO[C@@H]3CCOC3)C2)c1. The lowest BCUT2D eigenvalue weighted by atomic mass is 9.75. The van der Waals surface area contributed by atoms with E-state index in [9.17, 15) is 0 Å². The second-order valence-electron chi connectivity index (χ2n) is 6.67. The van der Waals surface area contributed by atoms with Crippen molar-refractivity contribution in [3.05, 3.63) is 35.4 Å². The summed E-state index contributed by atoms with van der Waals surface area (Å²) in [6.07, 6.45) is 3.86. The minimum Gasteiger partial charge on any atom is -0.379 e. The minimum absolute atomic E-state index is 0.315. The molecule has 2 atom stereocenters. The predicted octanol–water partition coefficient (Wildman–Crippen LogP) is 3.02. The lowest BCUT2D eigenvalue weighted by Crippen LogP contribution is -2.46. The van der Waals surface area contributed by atoms with Gasteiger partial charge in [-0.25, -0.2) is 0 Å². The molecule has 0 spiro atoms. The molecular weight excluding hydrogens is 262 g/mol. The van der Waals surface area contributed by atoms with Gasteiger partial charge in [-0.15, -0.1) is 0 Å². The Balaban J connectivity index is 1.36. The Morgan fingerprint density at radius 2 is 2.24 bits per heavy atom. The Hall–Kier alpha value is -0.900. The molecule has 1 aliphatic carbocycles. The molecule has 2 aliphatic rings. The van der Waals surface area contributed by atoms with Gasteiger partial charge in [0.2, 0.25) is 0 Å². The lowest BCUT2D eigenvalue weighted by Gasteiger charge is -2.38. The number of aryl methyl sites for hydroxylation is 1. The zero-order valence-corrected chi connectivity index (χ0v) is 13.2. The van der Waals surface area contributed by atoms with Crippen molar-refractivity contribution in [3.8, 4) is 0 Å². The van der Waals surface area contributed by atoms with Crippen molar-refractivity contribution >= 4 is 0 Å². The maximum Gasteiger partial charge on any atom is 0.0831 e. The average molecular weight is 289 g/mol. The van der Waals surface area contributed by atoms with Crippen molar-refractivity contribution in [3.63, 3.8) is 0 Å². The van der Waals surface area contributed by atoms with Gasteiger partial charge in [-0.3, -0.25) is 0 Å². The van der Waals surface area contributed by atoms with Crippen molar-refractivity contribution < 1.29 is 9.47 Å². The largest absolute Gasteiger partial charge is 0.379 e. The molecule has 0 radical (unpaired) electrons. The Labute approximate surface area is 128 Å². The van der Waals surface area contributed by atoms with Crippen LogP contribution in [0.1, 0.15) is 43.2 Å². The van der Waals surface area contributed by atoms with Crippen LogP contribution < -0.4 is 5.32 Å². The number of nitrogens with one attached hydrogen (secondary N) is 1. The minimum atomic E-state index is 0.315. The van der Waals surface area contributed by atoms with Crippen LogP contribution >= 0.6 is 0 Å². The molecule has 3 heteroatoms. The van der Waals surface area contributed by atoms with Crippen molar-refractivity contribution in [2.75, 3.05) is 19.8 Å². The van der Waals surface area contributed by atoms with Gasteiger partial charge in [-0.2, -0.15) is 0 Å². The molecule has 1 saturated heterocycles. The van der Waals surface area contributed by atoms with Crippen LogP contribution in [-0.2, 0) is 9.47 Å². The number of rotatable bonds is 6. The first-order chi connectivity index (χ1) is 10.2. The van der Waals surface area contributed by atoms with Crippen LogP contribution in [0.5, 0.6) is 0 Å². The first kappa shape index (κ1) is 15.0. The summed E-state index contributed by atoms with van der Waals surface area (Å²) in [5.41, 5.74) is 2.87. The Morgan fingerprint density at radius 3 is 2.95 bits per heavy atom. The molecule has 1 heterocycles. The molecule has 1 N–H and O–H groups in total. The topological polar surface area (TPSA) is 30.5 Å². The highest BCUT2D eigenvalue weighted by Gasteiger charge is 2.31. The van der Waals surface area contributed by atoms with Crippen LogP contribution in [0.15, 0.2) is 24.3 Å². The van der Waals surface area contributed by atoms with Gasteiger partial charge in [-0.1, -0.05) is 29.8 Å². The van der Waals surface area contributed by atoms with E-state index in [1.165, 1.54) is 24.0 Å². The zero-order chi connectivity index (χ0) is 14.7. The molecule has 0 aromatic heterocycles. The van der Waals surface area contributed by atoms with E-state index in [0.29, 0.717) is 18.2 Å². The van der Waals surface area contributed by atoms with Gasteiger partial charge in [0.25, 0.3) is 0 Å². The van der Waals surface area contributed by atoms with E-state index >= 15 is 0 Å². The summed E-state index contributed by atoms with van der Waals surface area (Å²) < 4.78 is 11.2. The predicted molar refractivity (Wildman–Crippen MR) is 84.7 cm³/mol. The Morgan fingerprint density at radius 1 is 1.38 bits per heavy atom. The summed E-state index contributed by atoms with van der Waals surface area (Å²) in [6.45, 7) is 6.80. The monoisotopic (exact) mass is 289 g/mol. The first-order valence-corrected chi connectivity index (χ1v) is 8.22. The standard InChI is InChI=1S/C18H27NO2/c1-13-4-3-5-15(8-13)16-9-17(10-16)19-14(2)11-21-18-6-7-20-12-18/h3-5,8,14,16-19H,6-7,9-12H2,1-2H3/t14-,16?,17?,18+/m0/s1.